The molecule has 11 heavy (non-hydrogen) atoms. The molecular formula is C9H12OS. The lowest BCUT2D eigenvalue weighted by Crippen LogP contribution is -2.08. The van der Waals surface area contributed by atoms with E-state index in [9.17, 15) is 5.11 Å². The first kappa shape index (κ1) is 8.62. The van der Waals surface area contributed by atoms with Crippen LogP contribution in [-0.2, 0) is 0 Å². The Morgan fingerprint density at radius 2 is 1.82 bits per heavy atom. The minimum Gasteiger partial charge on any atom is -0.392 e. The Kier molecular flexibility index (Phi) is 2.97. The van der Waals surface area contributed by atoms with Gasteiger partial charge in [-0.25, -0.2) is 0 Å². The van der Waals surface area contributed by atoms with Gasteiger partial charge in [0.15, 0.2) is 0 Å². The van der Waals surface area contributed by atoms with Crippen LogP contribution in [0.25, 0.3) is 0 Å². The molecule has 0 aliphatic carbocycles. The van der Waals surface area contributed by atoms with Crippen LogP contribution in [0.3, 0.4) is 0 Å². The van der Waals surface area contributed by atoms with E-state index in [2.05, 4.69) is 12.6 Å². The zero-order chi connectivity index (χ0) is 8.27. The molecular weight excluding hydrogens is 156 g/mol. The Hall–Kier alpha value is -0.470. The fraction of sp³-hybridized carbons (Fsp3) is 0.333. The molecule has 0 saturated carbocycles. The third kappa shape index (κ3) is 2.24. The zero-order valence-corrected chi connectivity index (χ0v) is 7.33. The third-order valence-electron chi connectivity index (χ3n) is 1.60. The highest BCUT2D eigenvalue weighted by molar-refractivity contribution is 7.80. The molecule has 2 atom stereocenters. The van der Waals surface area contributed by atoms with Crippen molar-refractivity contribution in [2.24, 2.45) is 0 Å². The van der Waals surface area contributed by atoms with Crippen LogP contribution in [0.5, 0.6) is 0 Å². The van der Waals surface area contributed by atoms with Gasteiger partial charge in [-0.1, -0.05) is 30.3 Å². The van der Waals surface area contributed by atoms with Crippen molar-refractivity contribution < 1.29 is 5.11 Å². The summed E-state index contributed by atoms with van der Waals surface area (Å²) in [4.78, 5) is 0. The molecule has 1 aromatic carbocycles. The summed E-state index contributed by atoms with van der Waals surface area (Å²) in [5.41, 5.74) is 1.06. The van der Waals surface area contributed by atoms with Gasteiger partial charge in [-0.05, 0) is 12.5 Å². The first-order valence-corrected chi connectivity index (χ1v) is 4.14. The molecule has 1 aromatic rings. The molecule has 2 unspecified atom stereocenters. The lowest BCUT2D eigenvalue weighted by molar-refractivity contribution is 0.192. The molecule has 2 heteroatoms. The average molecular weight is 168 g/mol. The fourth-order valence-electron chi connectivity index (χ4n) is 0.929. The number of hydrogen-bond donors (Lipinski definition) is 2. The van der Waals surface area contributed by atoms with Gasteiger partial charge in [-0.3, -0.25) is 0 Å². The maximum Gasteiger partial charge on any atom is 0.0669 e. The van der Waals surface area contributed by atoms with Gasteiger partial charge in [0, 0.05) is 0 Å². The van der Waals surface area contributed by atoms with Gasteiger partial charge in [0.1, 0.15) is 0 Å². The monoisotopic (exact) mass is 168 g/mol. The Morgan fingerprint density at radius 1 is 1.27 bits per heavy atom. The average Bonchev–Trinajstić information content (AvgIpc) is 2.05. The third-order valence-corrected chi connectivity index (χ3v) is 2.33. The molecule has 0 radical (unpaired) electrons. The summed E-state index contributed by atoms with van der Waals surface area (Å²) in [5, 5.41) is 9.12. The van der Waals surface area contributed by atoms with Crippen LogP contribution < -0.4 is 0 Å². The standard InChI is InChI=1S/C9H12OS/c1-7(10)9(11)8-5-3-2-4-6-8/h2-7,9-11H,1H3. The van der Waals surface area contributed by atoms with E-state index in [1.807, 2.05) is 30.3 Å². The maximum atomic E-state index is 9.20. The van der Waals surface area contributed by atoms with Crippen LogP contribution in [0, 0.1) is 0 Å². The van der Waals surface area contributed by atoms with E-state index in [0.29, 0.717) is 0 Å². The Bertz CT molecular complexity index is 208. The van der Waals surface area contributed by atoms with E-state index < -0.39 is 6.10 Å². The fourth-order valence-corrected chi connectivity index (χ4v) is 1.10. The number of rotatable bonds is 2. The van der Waals surface area contributed by atoms with E-state index in [0.717, 1.165) is 5.56 Å². The quantitative estimate of drug-likeness (QED) is 0.647. The molecule has 0 spiro atoms. The van der Waals surface area contributed by atoms with Crippen molar-refractivity contribution in [2.75, 3.05) is 0 Å². The lowest BCUT2D eigenvalue weighted by Gasteiger charge is -2.13. The van der Waals surface area contributed by atoms with Crippen molar-refractivity contribution in [2.45, 2.75) is 18.3 Å². The van der Waals surface area contributed by atoms with Gasteiger partial charge in [-0.15, -0.1) is 0 Å². The molecule has 1 rings (SSSR count). The number of hydrogen-bond acceptors (Lipinski definition) is 2. The van der Waals surface area contributed by atoms with Gasteiger partial charge in [0.25, 0.3) is 0 Å². The van der Waals surface area contributed by atoms with Crippen LogP contribution in [0.1, 0.15) is 17.7 Å². The van der Waals surface area contributed by atoms with Crippen LogP contribution in [0.15, 0.2) is 30.3 Å². The summed E-state index contributed by atoms with van der Waals surface area (Å²) in [6, 6.07) is 9.77. The van der Waals surface area contributed by atoms with Gasteiger partial charge >= 0.3 is 0 Å². The summed E-state index contributed by atoms with van der Waals surface area (Å²) in [5.74, 6) is 0. The smallest absolute Gasteiger partial charge is 0.0669 e. The molecule has 1 N–H and O–H groups in total. The van der Waals surface area contributed by atoms with Crippen molar-refractivity contribution >= 4 is 12.6 Å². The normalized spacial score (nSPS) is 15.9. The molecule has 0 heterocycles. The highest BCUT2D eigenvalue weighted by Gasteiger charge is 2.10. The molecule has 0 aromatic heterocycles. The van der Waals surface area contributed by atoms with Crippen molar-refractivity contribution in [1.82, 2.24) is 0 Å². The van der Waals surface area contributed by atoms with Crippen LogP contribution in [0.4, 0.5) is 0 Å². The summed E-state index contributed by atoms with van der Waals surface area (Å²) in [6.07, 6.45) is -0.402. The van der Waals surface area contributed by atoms with Crippen molar-refractivity contribution in [1.29, 1.82) is 0 Å². The number of benzene rings is 1. The van der Waals surface area contributed by atoms with Gasteiger partial charge in [0.05, 0.1) is 11.4 Å². The number of aliphatic hydroxyl groups excluding tert-OH is 1. The lowest BCUT2D eigenvalue weighted by atomic mass is 10.1. The summed E-state index contributed by atoms with van der Waals surface area (Å²) < 4.78 is 0. The van der Waals surface area contributed by atoms with Gasteiger partial charge < -0.3 is 5.11 Å². The molecule has 0 amide bonds. The second kappa shape index (κ2) is 3.79. The minimum absolute atomic E-state index is 0.0730. The highest BCUT2D eigenvalue weighted by atomic mass is 32.1. The minimum atomic E-state index is -0.402. The molecule has 0 aliphatic rings. The zero-order valence-electron chi connectivity index (χ0n) is 6.44. The maximum absolute atomic E-state index is 9.20. The predicted octanol–water partition coefficient (Wildman–Crippen LogP) is 2.04. The largest absolute Gasteiger partial charge is 0.392 e. The number of aliphatic hydroxyl groups is 1. The topological polar surface area (TPSA) is 20.2 Å². The van der Waals surface area contributed by atoms with E-state index in [1.165, 1.54) is 0 Å². The van der Waals surface area contributed by atoms with Crippen molar-refractivity contribution in [3.05, 3.63) is 35.9 Å². The first-order valence-electron chi connectivity index (χ1n) is 3.63. The summed E-state index contributed by atoms with van der Waals surface area (Å²) in [7, 11) is 0. The Morgan fingerprint density at radius 3 is 2.27 bits per heavy atom. The molecule has 0 bridgehead atoms. The van der Waals surface area contributed by atoms with Gasteiger partial charge in [0.2, 0.25) is 0 Å². The molecule has 0 fully saturated rings. The van der Waals surface area contributed by atoms with E-state index in [-0.39, 0.29) is 5.25 Å². The second-order valence-corrected chi connectivity index (χ2v) is 3.15. The SMILES string of the molecule is CC(O)C(S)c1ccccc1. The molecule has 1 nitrogen and oxygen atoms in total. The molecule has 0 saturated heterocycles. The second-order valence-electron chi connectivity index (χ2n) is 2.60. The van der Waals surface area contributed by atoms with E-state index in [1.54, 1.807) is 6.92 Å². The molecule has 0 aliphatic heterocycles. The van der Waals surface area contributed by atoms with Crippen LogP contribution >= 0.6 is 12.6 Å². The van der Waals surface area contributed by atoms with Gasteiger partial charge in [-0.2, -0.15) is 12.6 Å². The Labute approximate surface area is 72.5 Å². The first-order chi connectivity index (χ1) is 5.22. The predicted molar refractivity (Wildman–Crippen MR) is 49.8 cm³/mol. The highest BCUT2D eigenvalue weighted by Crippen LogP contribution is 2.22. The van der Waals surface area contributed by atoms with Crippen molar-refractivity contribution in [3.8, 4) is 0 Å². The number of thiol groups is 1. The Balaban J connectivity index is 2.77. The van der Waals surface area contributed by atoms with E-state index >= 15 is 0 Å². The van der Waals surface area contributed by atoms with Crippen molar-refractivity contribution in [3.63, 3.8) is 0 Å². The van der Waals surface area contributed by atoms with Crippen LogP contribution in [0.2, 0.25) is 0 Å². The summed E-state index contributed by atoms with van der Waals surface area (Å²) in [6.45, 7) is 1.74. The van der Waals surface area contributed by atoms with Crippen LogP contribution in [-0.4, -0.2) is 11.2 Å². The summed E-state index contributed by atoms with van der Waals surface area (Å²) >= 11 is 4.26. The molecule has 60 valence electrons. The van der Waals surface area contributed by atoms with E-state index in [4.69, 9.17) is 0 Å².